The smallest absolute Gasteiger partial charge is 0.323 e. The predicted octanol–water partition coefficient (Wildman–Crippen LogP) is 3.35. The summed E-state index contributed by atoms with van der Waals surface area (Å²) in [4.78, 5) is 58.3. The fraction of sp³-hybridized carbons (Fsp3) is 0.286. The van der Waals surface area contributed by atoms with Crippen LogP contribution in [0.25, 0.3) is 5.69 Å². The van der Waals surface area contributed by atoms with E-state index in [1.807, 2.05) is 0 Å². The molecule has 4 rings (SSSR count). The average molecular weight is 570 g/mol. The van der Waals surface area contributed by atoms with Crippen molar-refractivity contribution in [3.05, 3.63) is 86.0 Å². The highest BCUT2D eigenvalue weighted by molar-refractivity contribution is 6.30. The first-order valence-corrected chi connectivity index (χ1v) is 12.7. The third-order valence-electron chi connectivity index (χ3n) is 6.72. The summed E-state index contributed by atoms with van der Waals surface area (Å²) in [6, 6.07) is 10.2. The second kappa shape index (κ2) is 11.0. The Morgan fingerprint density at radius 1 is 1.00 bits per heavy atom. The lowest BCUT2D eigenvalue weighted by Gasteiger charge is -2.31. The first-order chi connectivity index (χ1) is 18.8. The van der Waals surface area contributed by atoms with E-state index >= 15 is 0 Å². The SMILES string of the molecule is CN(C)C(=O)c1c2c(c(O)c(=O)n1-c1ccc(N(C)C(=O)N(C)C)cc1)C(=O)N(Cc1ccc(F)c(Cl)c1)CC2. The summed E-state index contributed by atoms with van der Waals surface area (Å²) in [5.41, 5.74) is 0.430. The van der Waals surface area contributed by atoms with Gasteiger partial charge in [-0.15, -0.1) is 0 Å². The average Bonchev–Trinajstić information content (AvgIpc) is 2.92. The molecule has 0 bridgehead atoms. The fourth-order valence-corrected chi connectivity index (χ4v) is 4.82. The minimum absolute atomic E-state index is 0.0360. The number of aromatic hydroxyl groups is 1. The molecule has 0 unspecified atom stereocenters. The Balaban J connectivity index is 1.81. The Morgan fingerprint density at radius 3 is 2.23 bits per heavy atom. The quantitative estimate of drug-likeness (QED) is 0.507. The summed E-state index contributed by atoms with van der Waals surface area (Å²) >= 11 is 5.89. The van der Waals surface area contributed by atoms with Crippen LogP contribution in [0.5, 0.6) is 5.75 Å². The van der Waals surface area contributed by atoms with E-state index in [9.17, 15) is 28.7 Å². The normalized spacial score (nSPS) is 12.7. The number of nitrogens with zero attached hydrogens (tertiary/aromatic N) is 5. The van der Waals surface area contributed by atoms with Crippen molar-refractivity contribution >= 4 is 35.1 Å². The molecular weight excluding hydrogens is 541 g/mol. The molecule has 1 N–H and O–H groups in total. The number of carbonyl (C=O) groups is 3. The van der Waals surface area contributed by atoms with Crippen molar-refractivity contribution in [1.82, 2.24) is 19.3 Å². The van der Waals surface area contributed by atoms with Gasteiger partial charge in [0.05, 0.1) is 10.6 Å². The van der Waals surface area contributed by atoms with E-state index < -0.39 is 28.9 Å². The van der Waals surface area contributed by atoms with E-state index in [1.54, 1.807) is 45.4 Å². The molecule has 0 saturated carbocycles. The zero-order valence-electron chi connectivity index (χ0n) is 22.7. The van der Waals surface area contributed by atoms with E-state index in [-0.39, 0.29) is 53.1 Å². The van der Waals surface area contributed by atoms with Crippen LogP contribution in [-0.2, 0) is 13.0 Å². The van der Waals surface area contributed by atoms with Gasteiger partial charge in [-0.2, -0.15) is 0 Å². The molecule has 0 fully saturated rings. The van der Waals surface area contributed by atoms with E-state index in [4.69, 9.17) is 11.6 Å². The third-order valence-corrected chi connectivity index (χ3v) is 7.01. The maximum Gasteiger partial charge on any atom is 0.323 e. The fourth-order valence-electron chi connectivity index (χ4n) is 4.62. The summed E-state index contributed by atoms with van der Waals surface area (Å²) in [5, 5.41) is 10.9. The number of benzene rings is 2. The van der Waals surface area contributed by atoms with Crippen molar-refractivity contribution in [2.45, 2.75) is 13.0 Å². The van der Waals surface area contributed by atoms with Crippen molar-refractivity contribution < 1.29 is 23.9 Å². The van der Waals surface area contributed by atoms with Crippen LogP contribution in [-0.4, -0.2) is 84.0 Å². The number of anilines is 1. The van der Waals surface area contributed by atoms with Crippen LogP contribution in [0.4, 0.5) is 14.9 Å². The van der Waals surface area contributed by atoms with Crippen LogP contribution in [0.1, 0.15) is 32.0 Å². The topological polar surface area (TPSA) is 106 Å². The largest absolute Gasteiger partial charge is 0.502 e. The Bertz CT molecular complexity index is 1570. The minimum atomic E-state index is -0.936. The van der Waals surface area contributed by atoms with Gasteiger partial charge in [-0.1, -0.05) is 17.7 Å². The van der Waals surface area contributed by atoms with Gasteiger partial charge in [0.25, 0.3) is 17.4 Å². The zero-order chi connectivity index (χ0) is 29.5. The molecule has 0 aliphatic carbocycles. The molecule has 0 radical (unpaired) electrons. The van der Waals surface area contributed by atoms with Gasteiger partial charge in [-0.05, 0) is 48.4 Å². The molecule has 0 saturated heterocycles. The lowest BCUT2D eigenvalue weighted by Crippen LogP contribution is -2.42. The summed E-state index contributed by atoms with van der Waals surface area (Å²) in [6.45, 7) is 0.251. The van der Waals surface area contributed by atoms with Crippen molar-refractivity contribution in [2.75, 3.05) is 46.7 Å². The number of halogens is 2. The van der Waals surface area contributed by atoms with Gasteiger partial charge in [0.1, 0.15) is 11.5 Å². The van der Waals surface area contributed by atoms with Gasteiger partial charge in [0.15, 0.2) is 5.75 Å². The standard InChI is InChI=1S/C28H29ClFN5O5/c1-31(2)26(38)23-19-12-13-34(15-16-6-11-21(30)20(29)14-16)25(37)22(19)24(36)27(39)35(23)18-9-7-17(8-10-18)33(5)28(40)32(3)4/h6-11,14,36H,12-13,15H2,1-5H3. The highest BCUT2D eigenvalue weighted by Gasteiger charge is 2.36. The molecule has 0 spiro atoms. The summed E-state index contributed by atoms with van der Waals surface area (Å²) in [5.74, 6) is -2.52. The van der Waals surface area contributed by atoms with E-state index in [0.29, 0.717) is 11.3 Å². The Labute approximate surface area is 235 Å². The van der Waals surface area contributed by atoms with Gasteiger partial charge in [0.2, 0.25) is 0 Å². The molecule has 40 heavy (non-hydrogen) atoms. The monoisotopic (exact) mass is 569 g/mol. The minimum Gasteiger partial charge on any atom is -0.502 e. The first kappa shape index (κ1) is 28.6. The number of hydrogen-bond donors (Lipinski definition) is 1. The van der Waals surface area contributed by atoms with Crippen molar-refractivity contribution in [3.8, 4) is 11.4 Å². The molecule has 0 atom stereocenters. The lowest BCUT2D eigenvalue weighted by atomic mass is 9.95. The number of amides is 4. The third kappa shape index (κ3) is 5.12. The van der Waals surface area contributed by atoms with Gasteiger partial charge >= 0.3 is 6.03 Å². The van der Waals surface area contributed by atoms with Crippen LogP contribution < -0.4 is 10.5 Å². The number of carbonyl (C=O) groups excluding carboxylic acids is 3. The Kier molecular flexibility index (Phi) is 7.88. The molecule has 3 aromatic rings. The van der Waals surface area contributed by atoms with Crippen LogP contribution in [0.3, 0.4) is 0 Å². The maximum atomic E-state index is 13.6. The van der Waals surface area contributed by atoms with Crippen LogP contribution in [0.2, 0.25) is 5.02 Å². The molecule has 1 aliphatic heterocycles. The van der Waals surface area contributed by atoms with Gasteiger partial charge < -0.3 is 19.8 Å². The second-order valence-electron chi connectivity index (χ2n) is 9.87. The molecular formula is C28H29ClFN5O5. The highest BCUT2D eigenvalue weighted by Crippen LogP contribution is 2.31. The van der Waals surface area contributed by atoms with E-state index in [0.717, 1.165) is 4.57 Å². The van der Waals surface area contributed by atoms with Crippen molar-refractivity contribution in [2.24, 2.45) is 0 Å². The molecule has 12 heteroatoms. The predicted molar refractivity (Wildman–Crippen MR) is 149 cm³/mol. The Morgan fingerprint density at radius 2 is 1.65 bits per heavy atom. The van der Waals surface area contributed by atoms with Crippen LogP contribution in [0, 0.1) is 5.82 Å². The van der Waals surface area contributed by atoms with Crippen molar-refractivity contribution in [1.29, 1.82) is 0 Å². The van der Waals surface area contributed by atoms with E-state index in [1.165, 1.54) is 51.9 Å². The number of pyridine rings is 1. The maximum absolute atomic E-state index is 13.6. The number of aromatic nitrogens is 1. The summed E-state index contributed by atoms with van der Waals surface area (Å²) in [7, 11) is 7.90. The first-order valence-electron chi connectivity index (χ1n) is 12.3. The van der Waals surface area contributed by atoms with E-state index in [2.05, 4.69) is 0 Å². The molecule has 2 aromatic carbocycles. The highest BCUT2D eigenvalue weighted by atomic mass is 35.5. The second-order valence-corrected chi connectivity index (χ2v) is 10.3. The van der Waals surface area contributed by atoms with Gasteiger partial charge in [0, 0.05) is 65.3 Å². The van der Waals surface area contributed by atoms with Crippen molar-refractivity contribution in [3.63, 3.8) is 0 Å². The molecule has 1 aliphatic rings. The van der Waals surface area contributed by atoms with Crippen LogP contribution >= 0.6 is 11.6 Å². The molecule has 10 nitrogen and oxygen atoms in total. The number of rotatable bonds is 5. The molecule has 210 valence electrons. The van der Waals surface area contributed by atoms with Crippen LogP contribution in [0.15, 0.2) is 47.3 Å². The zero-order valence-corrected chi connectivity index (χ0v) is 23.5. The van der Waals surface area contributed by atoms with Gasteiger partial charge in [-0.3, -0.25) is 23.9 Å². The Hall–Kier alpha value is -4.38. The molecule has 1 aromatic heterocycles. The number of fused-ring (bicyclic) bond motifs is 1. The molecule has 2 heterocycles. The lowest BCUT2D eigenvalue weighted by molar-refractivity contribution is 0.0720. The van der Waals surface area contributed by atoms with Gasteiger partial charge in [-0.25, -0.2) is 9.18 Å². The molecule has 4 amide bonds. The summed E-state index contributed by atoms with van der Waals surface area (Å²) < 4.78 is 14.7. The summed E-state index contributed by atoms with van der Waals surface area (Å²) in [6.07, 6.45) is 0.177. The number of urea groups is 1. The number of hydrogen-bond acceptors (Lipinski definition) is 5.